The number of carbonyl (C=O) groups is 2. The Labute approximate surface area is 165 Å². The van der Waals surface area contributed by atoms with Gasteiger partial charge in [0.25, 0.3) is 11.7 Å². The van der Waals surface area contributed by atoms with Crippen molar-refractivity contribution < 1.29 is 28.6 Å². The smallest absolute Gasteiger partial charge is 0.296 e. The summed E-state index contributed by atoms with van der Waals surface area (Å²) in [5, 5.41) is 20.4. The third-order valence-electron chi connectivity index (χ3n) is 4.77. The van der Waals surface area contributed by atoms with Gasteiger partial charge >= 0.3 is 0 Å². The van der Waals surface area contributed by atoms with Crippen LogP contribution in [0.3, 0.4) is 0 Å². The number of aliphatic hydroxyl groups excluding tert-OH is 1. The molecule has 1 aliphatic heterocycles. The maximum atomic E-state index is 13.3. The van der Waals surface area contributed by atoms with Gasteiger partial charge in [-0.15, -0.1) is 0 Å². The highest BCUT2D eigenvalue weighted by atomic mass is 19.1. The van der Waals surface area contributed by atoms with E-state index >= 15 is 0 Å². The van der Waals surface area contributed by atoms with Gasteiger partial charge in [0.15, 0.2) is 0 Å². The number of benzene rings is 2. The number of ketones is 1. The molecule has 6 nitrogen and oxygen atoms in total. The molecule has 1 atom stereocenters. The Morgan fingerprint density at radius 3 is 2.34 bits per heavy atom. The molecule has 29 heavy (non-hydrogen) atoms. The average Bonchev–Trinajstić information content (AvgIpc) is 3.31. The van der Waals surface area contributed by atoms with Gasteiger partial charge in [0.2, 0.25) is 0 Å². The van der Waals surface area contributed by atoms with Crippen molar-refractivity contribution in [3.8, 4) is 5.75 Å². The van der Waals surface area contributed by atoms with Crippen molar-refractivity contribution in [1.82, 2.24) is 4.90 Å². The third kappa shape index (κ3) is 3.38. The van der Waals surface area contributed by atoms with Crippen LogP contribution in [0.2, 0.25) is 0 Å². The van der Waals surface area contributed by atoms with Crippen LogP contribution in [0.4, 0.5) is 4.39 Å². The summed E-state index contributed by atoms with van der Waals surface area (Å²) in [6.45, 7) is 0.0172. The molecule has 1 aliphatic rings. The number of hydrogen-bond acceptors (Lipinski definition) is 5. The lowest BCUT2D eigenvalue weighted by molar-refractivity contribution is -0.140. The molecule has 1 saturated heterocycles. The van der Waals surface area contributed by atoms with E-state index < -0.39 is 29.3 Å². The highest BCUT2D eigenvalue weighted by Gasteiger charge is 2.46. The Hall–Kier alpha value is -3.87. The first-order valence-corrected chi connectivity index (χ1v) is 8.81. The summed E-state index contributed by atoms with van der Waals surface area (Å²) >= 11 is 0. The highest BCUT2D eigenvalue weighted by Crippen LogP contribution is 2.40. The zero-order chi connectivity index (χ0) is 20.5. The van der Waals surface area contributed by atoms with Crippen LogP contribution in [0, 0.1) is 5.82 Å². The number of rotatable bonds is 4. The highest BCUT2D eigenvalue weighted by molar-refractivity contribution is 6.46. The number of hydrogen-bond donors (Lipinski definition) is 2. The monoisotopic (exact) mass is 393 g/mol. The van der Waals surface area contributed by atoms with E-state index in [4.69, 9.17) is 4.42 Å². The van der Waals surface area contributed by atoms with E-state index in [9.17, 15) is 24.2 Å². The lowest BCUT2D eigenvalue weighted by atomic mass is 9.95. The molecule has 0 aliphatic carbocycles. The molecule has 7 heteroatoms. The van der Waals surface area contributed by atoms with Crippen LogP contribution in [0.1, 0.15) is 22.9 Å². The molecule has 2 heterocycles. The normalized spacial score (nSPS) is 18.4. The van der Waals surface area contributed by atoms with Gasteiger partial charge in [0, 0.05) is 5.56 Å². The van der Waals surface area contributed by atoms with Crippen LogP contribution in [-0.2, 0) is 16.1 Å². The second-order valence-corrected chi connectivity index (χ2v) is 6.60. The lowest BCUT2D eigenvalue weighted by Gasteiger charge is -2.24. The number of likely N-dealkylation sites (tertiary alicyclic amines) is 1. The predicted molar refractivity (Wildman–Crippen MR) is 101 cm³/mol. The SMILES string of the molecule is O=C1C(=O)N(Cc2ccco2)C(c2ccc(O)cc2)/C1=C(\O)c1ccc(F)cc1. The third-order valence-corrected chi connectivity index (χ3v) is 4.77. The number of furan rings is 1. The first-order chi connectivity index (χ1) is 14.0. The Morgan fingerprint density at radius 2 is 1.72 bits per heavy atom. The van der Waals surface area contributed by atoms with Crippen molar-refractivity contribution in [3.05, 3.63) is 95.2 Å². The molecule has 1 amide bonds. The Kier molecular flexibility index (Phi) is 4.64. The summed E-state index contributed by atoms with van der Waals surface area (Å²) in [4.78, 5) is 26.9. The van der Waals surface area contributed by atoms with Gasteiger partial charge in [-0.25, -0.2) is 4.39 Å². The van der Waals surface area contributed by atoms with Crippen LogP contribution < -0.4 is 0 Å². The van der Waals surface area contributed by atoms with Crippen molar-refractivity contribution in [2.45, 2.75) is 12.6 Å². The average molecular weight is 393 g/mol. The minimum Gasteiger partial charge on any atom is -0.508 e. The van der Waals surface area contributed by atoms with E-state index in [1.165, 1.54) is 35.4 Å². The van der Waals surface area contributed by atoms with Crippen molar-refractivity contribution in [1.29, 1.82) is 0 Å². The maximum absolute atomic E-state index is 13.3. The summed E-state index contributed by atoms with van der Waals surface area (Å²) in [6, 6.07) is 13.4. The summed E-state index contributed by atoms with van der Waals surface area (Å²) in [5.41, 5.74) is 0.627. The van der Waals surface area contributed by atoms with Gasteiger partial charge in [-0.2, -0.15) is 0 Å². The number of Topliss-reactive ketones (excluding diaryl/α,β-unsaturated/α-hetero) is 1. The number of halogens is 1. The molecule has 0 spiro atoms. The molecule has 4 rings (SSSR count). The van der Waals surface area contributed by atoms with Crippen LogP contribution >= 0.6 is 0 Å². The molecule has 1 unspecified atom stereocenters. The zero-order valence-electron chi connectivity index (χ0n) is 15.1. The number of aromatic hydroxyl groups is 1. The van der Waals surface area contributed by atoms with Gasteiger partial charge in [0.1, 0.15) is 23.1 Å². The van der Waals surface area contributed by atoms with Crippen molar-refractivity contribution in [3.63, 3.8) is 0 Å². The largest absolute Gasteiger partial charge is 0.508 e. The second kappa shape index (κ2) is 7.27. The standard InChI is InChI=1S/C22H16FNO5/c23-15-7-3-14(4-8-15)20(26)18-19(13-5-9-16(25)10-6-13)24(22(28)21(18)27)12-17-2-1-11-29-17/h1-11,19,25-26H,12H2/b20-18+. The van der Waals surface area contributed by atoms with Crippen molar-refractivity contribution >= 4 is 17.4 Å². The first kappa shape index (κ1) is 18.5. The van der Waals surface area contributed by atoms with Crippen LogP contribution in [-0.4, -0.2) is 26.8 Å². The van der Waals surface area contributed by atoms with Gasteiger partial charge < -0.3 is 19.5 Å². The Morgan fingerprint density at radius 1 is 1.03 bits per heavy atom. The number of carbonyl (C=O) groups excluding carboxylic acids is 2. The molecule has 0 saturated carbocycles. The molecule has 0 radical (unpaired) electrons. The van der Waals surface area contributed by atoms with Crippen molar-refractivity contribution in [2.75, 3.05) is 0 Å². The van der Waals surface area contributed by atoms with E-state index in [-0.39, 0.29) is 23.4 Å². The number of aliphatic hydroxyl groups is 1. The quantitative estimate of drug-likeness (QED) is 0.400. The molecular weight excluding hydrogens is 377 g/mol. The van der Waals surface area contributed by atoms with Gasteiger partial charge in [-0.1, -0.05) is 12.1 Å². The second-order valence-electron chi connectivity index (χ2n) is 6.60. The number of nitrogens with zero attached hydrogens (tertiary/aromatic N) is 1. The van der Waals surface area contributed by atoms with E-state index in [1.807, 2.05) is 0 Å². The summed E-state index contributed by atoms with van der Waals surface area (Å²) in [6.07, 6.45) is 1.46. The van der Waals surface area contributed by atoms with Crippen LogP contribution in [0.15, 0.2) is 76.9 Å². The van der Waals surface area contributed by atoms with E-state index in [2.05, 4.69) is 0 Å². The fourth-order valence-corrected chi connectivity index (χ4v) is 3.38. The van der Waals surface area contributed by atoms with Crippen molar-refractivity contribution in [2.24, 2.45) is 0 Å². The first-order valence-electron chi connectivity index (χ1n) is 8.81. The number of amides is 1. The summed E-state index contributed by atoms with van der Waals surface area (Å²) in [7, 11) is 0. The van der Waals surface area contributed by atoms with E-state index in [0.29, 0.717) is 11.3 Å². The minimum atomic E-state index is -0.897. The zero-order valence-corrected chi connectivity index (χ0v) is 15.1. The number of phenolic OH excluding ortho intramolecular Hbond substituents is 1. The van der Waals surface area contributed by atoms with E-state index in [1.54, 1.807) is 24.3 Å². The van der Waals surface area contributed by atoms with Crippen LogP contribution in [0.25, 0.3) is 5.76 Å². The molecule has 2 aromatic carbocycles. The topological polar surface area (TPSA) is 91.0 Å². The fourth-order valence-electron chi connectivity index (χ4n) is 3.38. The maximum Gasteiger partial charge on any atom is 0.296 e. The summed E-state index contributed by atoms with van der Waals surface area (Å²) in [5.74, 6) is -2.04. The van der Waals surface area contributed by atoms with Gasteiger partial charge in [0.05, 0.1) is 24.4 Å². The molecule has 0 bridgehead atoms. The molecular formula is C22H16FNO5. The Bertz CT molecular complexity index is 1090. The predicted octanol–water partition coefficient (Wildman–Crippen LogP) is 3.75. The molecule has 3 aromatic rings. The van der Waals surface area contributed by atoms with E-state index in [0.717, 1.165) is 12.1 Å². The molecule has 1 fully saturated rings. The Balaban J connectivity index is 1.86. The molecule has 146 valence electrons. The van der Waals surface area contributed by atoms with Gasteiger partial charge in [-0.05, 0) is 54.1 Å². The van der Waals surface area contributed by atoms with Gasteiger partial charge in [-0.3, -0.25) is 9.59 Å². The van der Waals surface area contributed by atoms with Crippen LogP contribution in [0.5, 0.6) is 5.75 Å². The fraction of sp³-hybridized carbons (Fsp3) is 0.0909. The summed E-state index contributed by atoms with van der Waals surface area (Å²) < 4.78 is 18.6. The minimum absolute atomic E-state index is 0.0172. The lowest BCUT2D eigenvalue weighted by Crippen LogP contribution is -2.29. The molecule has 2 N–H and O–H groups in total. The molecule has 1 aromatic heterocycles. The number of phenols is 1.